The Labute approximate surface area is 124 Å². The Bertz CT molecular complexity index is 327. The molecule has 0 atom stereocenters. The van der Waals surface area contributed by atoms with Crippen molar-refractivity contribution in [2.75, 3.05) is 14.1 Å². The van der Waals surface area contributed by atoms with Crippen LogP contribution in [0.4, 0.5) is 0 Å². The molecule has 2 aromatic carbocycles. The molecule has 0 aliphatic carbocycles. The van der Waals surface area contributed by atoms with Crippen LogP contribution in [0.2, 0.25) is 0 Å². The van der Waals surface area contributed by atoms with Gasteiger partial charge in [0, 0.05) is 0 Å². The van der Waals surface area contributed by atoms with Crippen LogP contribution in [0.1, 0.15) is 0 Å². The topological polar surface area (TPSA) is 14.1 Å². The zero-order valence-corrected chi connectivity index (χ0v) is 12.2. The summed E-state index contributed by atoms with van der Waals surface area (Å²) in [4.78, 5) is 0. The summed E-state index contributed by atoms with van der Waals surface area (Å²) in [6, 6.07) is 21.5. The van der Waals surface area contributed by atoms with Crippen molar-refractivity contribution in [3.05, 3.63) is 66.0 Å². The minimum atomic E-state index is 0. The molecule has 0 radical (unpaired) electrons. The van der Waals surface area contributed by atoms with Crippen LogP contribution in [0.15, 0.2) is 54.6 Å². The molecule has 17 heavy (non-hydrogen) atoms. The van der Waals surface area contributed by atoms with E-state index in [0.29, 0.717) is 0 Å². The third kappa shape index (κ3) is 7.31. The molecule has 2 rings (SSSR count). The maximum absolute atomic E-state index is 3.50. The van der Waals surface area contributed by atoms with Gasteiger partial charge in [-0.15, -0.1) is 48.3 Å². The van der Waals surface area contributed by atoms with Crippen molar-refractivity contribution in [1.29, 1.82) is 0 Å². The fourth-order valence-electron chi connectivity index (χ4n) is 1.19. The molecule has 0 fully saturated rings. The zero-order valence-electron chi connectivity index (χ0n) is 9.87. The summed E-state index contributed by atoms with van der Waals surface area (Å²) in [6.07, 6.45) is 0. The Morgan fingerprint density at radius 1 is 0.882 bits per heavy atom. The molecular weight excluding hydrogens is 324 g/mol. The normalized spacial score (nSPS) is 7.88. The maximum Gasteiger partial charge on any atom is 2.00 e. The number of benzene rings is 2. The Morgan fingerprint density at radius 3 is 1.88 bits per heavy atom. The SMILES string of the molecule is C[N-]C.Cl.[Pd+2].[c-]1ccccc1-c1ccccc1. The summed E-state index contributed by atoms with van der Waals surface area (Å²) in [7, 11) is 3.50. The van der Waals surface area contributed by atoms with Crippen molar-refractivity contribution in [2.24, 2.45) is 0 Å². The molecule has 0 aliphatic heterocycles. The minimum absolute atomic E-state index is 0. The van der Waals surface area contributed by atoms with Gasteiger partial charge in [-0.1, -0.05) is 35.9 Å². The standard InChI is InChI=1S/C12H9.C2H6N.ClH.Pd/c1-3-7-11(8-4-1)12-9-5-2-6-10-12;1-3-2;;/h1-9H;1-2H3;1H;/q2*-1;;+2. The number of hydrogen-bond donors (Lipinski definition) is 0. The molecule has 0 aromatic heterocycles. The first kappa shape index (κ1) is 18.7. The quantitative estimate of drug-likeness (QED) is 0.546. The van der Waals surface area contributed by atoms with Crippen molar-refractivity contribution < 1.29 is 20.4 Å². The van der Waals surface area contributed by atoms with Gasteiger partial charge in [-0.3, -0.25) is 0 Å². The summed E-state index contributed by atoms with van der Waals surface area (Å²) in [6.45, 7) is 0. The second kappa shape index (κ2) is 11.8. The predicted octanol–water partition coefficient (Wildman–Crippen LogP) is 4.19. The molecule has 0 spiro atoms. The largest absolute Gasteiger partial charge is 2.00 e. The molecule has 0 bridgehead atoms. The Balaban J connectivity index is 0. The van der Waals surface area contributed by atoms with E-state index in [0.717, 1.165) is 5.56 Å². The van der Waals surface area contributed by atoms with Crippen LogP contribution < -0.4 is 0 Å². The first-order valence-electron chi connectivity index (χ1n) is 4.88. The van der Waals surface area contributed by atoms with Crippen molar-refractivity contribution in [3.8, 4) is 11.1 Å². The Hall–Kier alpha value is -0.648. The molecule has 0 saturated carbocycles. The van der Waals surface area contributed by atoms with Crippen LogP contribution in [-0.2, 0) is 20.4 Å². The molecule has 94 valence electrons. The molecule has 0 aliphatic rings. The van der Waals surface area contributed by atoms with Gasteiger partial charge in [0.2, 0.25) is 0 Å². The second-order valence-electron chi connectivity index (χ2n) is 3.09. The smallest absolute Gasteiger partial charge is 0.668 e. The average Bonchev–Trinajstić information content (AvgIpc) is 2.32. The Morgan fingerprint density at radius 2 is 1.41 bits per heavy atom. The molecule has 2 aromatic rings. The van der Waals surface area contributed by atoms with Crippen LogP contribution in [0.5, 0.6) is 0 Å². The predicted molar refractivity (Wildman–Crippen MR) is 73.2 cm³/mol. The van der Waals surface area contributed by atoms with Crippen molar-refractivity contribution >= 4 is 12.4 Å². The maximum atomic E-state index is 3.50. The number of nitrogens with zero attached hydrogens (tertiary/aromatic N) is 1. The van der Waals surface area contributed by atoms with Gasteiger partial charge in [0.05, 0.1) is 0 Å². The molecular formula is C14H16ClNPd. The van der Waals surface area contributed by atoms with E-state index in [1.807, 2.05) is 36.4 Å². The molecule has 3 heteroatoms. The van der Waals surface area contributed by atoms with Gasteiger partial charge in [-0.05, 0) is 0 Å². The van der Waals surface area contributed by atoms with E-state index >= 15 is 0 Å². The number of halogens is 1. The monoisotopic (exact) mass is 339 g/mol. The zero-order chi connectivity index (χ0) is 10.9. The minimum Gasteiger partial charge on any atom is -0.668 e. The van der Waals surface area contributed by atoms with E-state index in [9.17, 15) is 0 Å². The van der Waals surface area contributed by atoms with Crippen LogP contribution in [-0.4, -0.2) is 14.1 Å². The molecule has 0 N–H and O–H groups in total. The summed E-state index contributed by atoms with van der Waals surface area (Å²) in [5.74, 6) is 0. The summed E-state index contributed by atoms with van der Waals surface area (Å²) < 4.78 is 0. The second-order valence-corrected chi connectivity index (χ2v) is 3.09. The van der Waals surface area contributed by atoms with Crippen LogP contribution in [0.3, 0.4) is 0 Å². The summed E-state index contributed by atoms with van der Waals surface area (Å²) in [5, 5.41) is 3.50. The molecule has 0 heterocycles. The fourth-order valence-corrected chi connectivity index (χ4v) is 1.19. The van der Waals surface area contributed by atoms with E-state index in [2.05, 4.69) is 29.6 Å². The van der Waals surface area contributed by atoms with E-state index in [1.54, 1.807) is 14.1 Å². The third-order valence-electron chi connectivity index (χ3n) is 1.79. The van der Waals surface area contributed by atoms with E-state index in [1.165, 1.54) is 5.56 Å². The first-order chi connectivity index (χ1) is 7.38. The van der Waals surface area contributed by atoms with Crippen molar-refractivity contribution in [3.63, 3.8) is 0 Å². The van der Waals surface area contributed by atoms with Gasteiger partial charge in [-0.2, -0.15) is 14.1 Å². The van der Waals surface area contributed by atoms with Gasteiger partial charge >= 0.3 is 20.4 Å². The van der Waals surface area contributed by atoms with Crippen LogP contribution >= 0.6 is 12.4 Å². The van der Waals surface area contributed by atoms with Gasteiger partial charge in [-0.25, -0.2) is 0 Å². The molecule has 0 unspecified atom stereocenters. The van der Waals surface area contributed by atoms with Gasteiger partial charge in [0.25, 0.3) is 0 Å². The van der Waals surface area contributed by atoms with Crippen molar-refractivity contribution in [1.82, 2.24) is 0 Å². The van der Waals surface area contributed by atoms with Gasteiger partial charge in [0.1, 0.15) is 0 Å². The van der Waals surface area contributed by atoms with E-state index in [4.69, 9.17) is 0 Å². The van der Waals surface area contributed by atoms with Crippen molar-refractivity contribution in [2.45, 2.75) is 0 Å². The molecule has 0 amide bonds. The summed E-state index contributed by atoms with van der Waals surface area (Å²) >= 11 is 0. The van der Waals surface area contributed by atoms with Gasteiger partial charge < -0.3 is 5.32 Å². The molecule has 1 nitrogen and oxygen atoms in total. The summed E-state index contributed by atoms with van der Waals surface area (Å²) in [5.41, 5.74) is 2.37. The van der Waals surface area contributed by atoms with E-state index < -0.39 is 0 Å². The number of hydrogen-bond acceptors (Lipinski definition) is 0. The van der Waals surface area contributed by atoms with Crippen LogP contribution in [0.25, 0.3) is 16.4 Å². The van der Waals surface area contributed by atoms with Gasteiger partial charge in [0.15, 0.2) is 0 Å². The fraction of sp³-hybridized carbons (Fsp3) is 0.143. The average molecular weight is 340 g/mol. The molecule has 0 saturated heterocycles. The Kier molecular flexibility index (Phi) is 13.0. The van der Waals surface area contributed by atoms with Crippen LogP contribution in [0, 0.1) is 6.07 Å². The number of rotatable bonds is 1. The third-order valence-corrected chi connectivity index (χ3v) is 1.79. The van der Waals surface area contributed by atoms with E-state index in [-0.39, 0.29) is 32.8 Å². The first-order valence-corrected chi connectivity index (χ1v) is 4.88.